The molecule has 0 spiro atoms. The molecule has 0 saturated carbocycles. The van der Waals surface area contributed by atoms with Crippen LogP contribution in [0.4, 0.5) is 48.3 Å². The molecule has 24 heavy (non-hydrogen) atoms. The summed E-state index contributed by atoms with van der Waals surface area (Å²) < 4.78 is 140. The number of carbonyl (C=O) groups is 1. The van der Waals surface area contributed by atoms with Crippen molar-refractivity contribution in [3.63, 3.8) is 0 Å². The molecule has 0 aromatic rings. The molecule has 0 fully saturated rings. The van der Waals surface area contributed by atoms with Crippen LogP contribution in [0.1, 0.15) is 0 Å². The van der Waals surface area contributed by atoms with Gasteiger partial charge >= 0.3 is 60.9 Å². The van der Waals surface area contributed by atoms with Gasteiger partial charge in [-0.15, -0.1) is 39.5 Å². The third-order valence-electron chi connectivity index (χ3n) is 1.19. The first-order chi connectivity index (χ1) is 9.77. The van der Waals surface area contributed by atoms with E-state index < -0.39 is 37.3 Å². The van der Waals surface area contributed by atoms with Crippen LogP contribution in [0.2, 0.25) is 0 Å². The molecule has 0 aliphatic carbocycles. The van der Waals surface area contributed by atoms with Crippen LogP contribution in [-0.4, -0.2) is 37.3 Å². The predicted octanol–water partition coefficient (Wildman–Crippen LogP) is -1.43. The van der Waals surface area contributed by atoms with Crippen molar-refractivity contribution in [3.8, 4) is 0 Å². The first kappa shape index (κ1) is 25.8. The Balaban J connectivity index is 0. The van der Waals surface area contributed by atoms with E-state index in [1.54, 1.807) is 4.74 Å². The van der Waals surface area contributed by atoms with Crippen LogP contribution in [0.3, 0.4) is 0 Å². The molecule has 0 aliphatic heterocycles. The Kier molecular flexibility index (Phi) is 8.41. The molecular formula is C6F11NaO6. The Morgan fingerprint density at radius 2 is 0.917 bits per heavy atom. The smallest absolute Gasteiger partial charge is 0.542 e. The largest absolute Gasteiger partial charge is 1.00 e. The van der Waals surface area contributed by atoms with Crippen molar-refractivity contribution in [2.75, 3.05) is 0 Å². The van der Waals surface area contributed by atoms with E-state index in [9.17, 15) is 58.2 Å². The van der Waals surface area contributed by atoms with Crippen LogP contribution in [0.5, 0.6) is 0 Å². The third-order valence-corrected chi connectivity index (χ3v) is 1.19. The molecule has 0 aromatic carbocycles. The molecule has 0 heterocycles. The Morgan fingerprint density at radius 3 is 1.21 bits per heavy atom. The molecule has 0 N–H and O–H groups in total. The second kappa shape index (κ2) is 7.83. The van der Waals surface area contributed by atoms with Gasteiger partial charge < -0.3 is 9.90 Å². The van der Waals surface area contributed by atoms with Crippen molar-refractivity contribution in [3.05, 3.63) is 0 Å². The number of hydrogen-bond donors (Lipinski definition) is 0. The summed E-state index contributed by atoms with van der Waals surface area (Å²) in [6.45, 7) is 0. The van der Waals surface area contributed by atoms with E-state index in [2.05, 4.69) is 0 Å². The van der Waals surface area contributed by atoms with Crippen LogP contribution in [-0.2, 0) is 23.7 Å². The molecule has 0 bridgehead atoms. The number of alkyl halides is 11. The van der Waals surface area contributed by atoms with Gasteiger partial charge in [0.2, 0.25) is 0 Å². The van der Waals surface area contributed by atoms with Gasteiger partial charge in [-0.05, 0) is 0 Å². The number of carbonyl (C=O) groups excluding carboxylic acids is 1. The Hall–Kier alpha value is -0.460. The molecule has 0 amide bonds. The topological polar surface area (TPSA) is 77.1 Å². The van der Waals surface area contributed by atoms with Crippen LogP contribution >= 0.6 is 0 Å². The van der Waals surface area contributed by atoms with Crippen molar-refractivity contribution in [1.82, 2.24) is 0 Å². The summed E-state index contributed by atoms with van der Waals surface area (Å²) in [5.74, 6) is -3.67. The zero-order valence-electron chi connectivity index (χ0n) is 10.6. The van der Waals surface area contributed by atoms with Crippen LogP contribution in [0, 0.1) is 0 Å². The number of halogens is 11. The first-order valence-electron chi connectivity index (χ1n) is 4.37. The average molecular weight is 400 g/mol. The molecule has 0 atom stereocenters. The van der Waals surface area contributed by atoms with E-state index >= 15 is 0 Å². The Morgan fingerprint density at radius 1 is 0.625 bits per heavy atom. The predicted molar refractivity (Wildman–Crippen MR) is 35.2 cm³/mol. The molecule has 6 nitrogen and oxygen atoms in total. The molecular weight excluding hydrogens is 400 g/mol. The van der Waals surface area contributed by atoms with Crippen molar-refractivity contribution in [2.45, 2.75) is 31.4 Å². The van der Waals surface area contributed by atoms with Gasteiger partial charge in [-0.1, -0.05) is 0 Å². The molecule has 138 valence electrons. The molecule has 0 rings (SSSR count). The maximum Gasteiger partial charge on any atom is 1.00 e. The van der Waals surface area contributed by atoms with Crippen molar-refractivity contribution >= 4 is 5.97 Å². The number of aliphatic carboxylic acids is 1. The van der Waals surface area contributed by atoms with Crippen LogP contribution < -0.4 is 34.7 Å². The number of rotatable bonds is 8. The zero-order valence-corrected chi connectivity index (χ0v) is 12.6. The van der Waals surface area contributed by atoms with Crippen LogP contribution in [0.25, 0.3) is 0 Å². The second-order valence-corrected chi connectivity index (χ2v) is 3.05. The fourth-order valence-electron chi connectivity index (χ4n) is 0.665. The zero-order chi connectivity index (χ0) is 18.9. The van der Waals surface area contributed by atoms with E-state index in [0.717, 1.165) is 0 Å². The van der Waals surface area contributed by atoms with Crippen LogP contribution in [0.15, 0.2) is 0 Å². The average Bonchev–Trinajstić information content (AvgIpc) is 2.04. The summed E-state index contributed by atoms with van der Waals surface area (Å²) in [7, 11) is 0. The van der Waals surface area contributed by atoms with Gasteiger partial charge in [0.1, 0.15) is 5.97 Å². The maximum absolute atomic E-state index is 12.4. The van der Waals surface area contributed by atoms with E-state index in [1.807, 2.05) is 14.2 Å². The van der Waals surface area contributed by atoms with Crippen molar-refractivity contribution in [2.24, 2.45) is 0 Å². The summed E-state index contributed by atoms with van der Waals surface area (Å²) >= 11 is 0. The summed E-state index contributed by atoms with van der Waals surface area (Å²) in [6.07, 6.45) is -31.2. The first-order valence-corrected chi connectivity index (χ1v) is 4.37. The summed E-state index contributed by atoms with van der Waals surface area (Å²) in [6, 6.07) is 0. The van der Waals surface area contributed by atoms with Gasteiger partial charge in [0.15, 0.2) is 0 Å². The molecule has 0 radical (unpaired) electrons. The molecule has 18 heteroatoms. The quantitative estimate of drug-likeness (QED) is 0.283. The number of carboxylic acids is 1. The maximum atomic E-state index is 12.4. The van der Waals surface area contributed by atoms with Gasteiger partial charge in [0, 0.05) is 0 Å². The number of carboxylic acid groups (broad SMARTS) is 1. The normalized spacial score (nSPS) is 14.3. The van der Waals surface area contributed by atoms with E-state index in [0.29, 0.717) is 0 Å². The Labute approximate surface area is 144 Å². The van der Waals surface area contributed by atoms with E-state index in [4.69, 9.17) is 0 Å². The summed E-state index contributed by atoms with van der Waals surface area (Å²) in [4.78, 5) is 9.59. The monoisotopic (exact) mass is 400 g/mol. The summed E-state index contributed by atoms with van der Waals surface area (Å²) in [5, 5.41) is 9.59. The third kappa shape index (κ3) is 10.4. The minimum absolute atomic E-state index is 0. The minimum Gasteiger partial charge on any atom is -0.542 e. The molecule has 0 saturated heterocycles. The van der Waals surface area contributed by atoms with Gasteiger partial charge in [-0.3, -0.25) is 0 Å². The van der Waals surface area contributed by atoms with E-state index in [1.165, 1.54) is 0 Å². The van der Waals surface area contributed by atoms with Crippen molar-refractivity contribution in [1.29, 1.82) is 0 Å². The fraction of sp³-hybridized carbons (Fsp3) is 0.833. The molecule has 0 aliphatic rings. The van der Waals surface area contributed by atoms with E-state index in [-0.39, 0.29) is 29.6 Å². The van der Waals surface area contributed by atoms with Gasteiger partial charge in [-0.25, -0.2) is 14.2 Å². The van der Waals surface area contributed by atoms with Gasteiger partial charge in [0.05, 0.1) is 0 Å². The molecule has 0 unspecified atom stereocenters. The SMILES string of the molecule is O=C([O-])C(F)(F)OC(F)(F)OC(F)(F)OC(F)(F)OC(F)(F)F.[Na+]. The standard InChI is InChI=1S/C6HF11O6.Na/c7-2(8,1(18)19)20-4(12,13)22-6(16,17)23-5(14,15)21-3(9,10)11;/h(H,18,19);/q;+1/p-1. The molecule has 0 aromatic heterocycles. The number of hydrogen-bond acceptors (Lipinski definition) is 6. The van der Waals surface area contributed by atoms with Gasteiger partial charge in [-0.2, -0.15) is 13.5 Å². The Bertz CT molecular complexity index is 437. The number of ether oxygens (including phenoxy) is 4. The van der Waals surface area contributed by atoms with Crippen molar-refractivity contribution < 1.29 is 107 Å². The minimum atomic E-state index is -6.40. The second-order valence-electron chi connectivity index (χ2n) is 3.05. The van der Waals surface area contributed by atoms with Gasteiger partial charge in [0.25, 0.3) is 0 Å². The fourth-order valence-corrected chi connectivity index (χ4v) is 0.665. The summed E-state index contributed by atoms with van der Waals surface area (Å²) in [5.41, 5.74) is 0.